The molecule has 0 bridgehead atoms. The predicted molar refractivity (Wildman–Crippen MR) is 534 cm³/mol. The Labute approximate surface area is 866 Å². The molecule has 0 radical (unpaired) electrons. The summed E-state index contributed by atoms with van der Waals surface area (Å²) in [6, 6.07) is -15.6. The number of carboxylic acids is 1. The largest absolute Gasteiger partial charge is 0.481 e. The summed E-state index contributed by atoms with van der Waals surface area (Å²) < 4.78 is 68.5. The molecule has 5 heterocycles. The Morgan fingerprint density at radius 3 is 1.50 bits per heavy atom. The van der Waals surface area contributed by atoms with Crippen molar-refractivity contribution < 1.29 is 149 Å². The number of hydrogen-bond donors (Lipinski definition) is 22. The predicted octanol–water partition coefficient (Wildman–Crippen LogP) is -6.66. The number of hydrogen-bond acceptors (Lipinski definition) is 37. The summed E-state index contributed by atoms with van der Waals surface area (Å²) in [4.78, 5) is 217. The highest BCUT2D eigenvalue weighted by atomic mass is 16.6. The number of nitrogens with zero attached hydrogens (tertiary/aromatic N) is 7. The van der Waals surface area contributed by atoms with E-state index in [1.807, 2.05) is 13.8 Å². The van der Waals surface area contributed by atoms with Gasteiger partial charge in [-0.2, -0.15) is 0 Å². The lowest BCUT2D eigenvalue weighted by Crippen LogP contribution is -2.62. The minimum atomic E-state index is -1.81. The highest BCUT2D eigenvalue weighted by Crippen LogP contribution is 2.34. The first-order chi connectivity index (χ1) is 71.3. The normalized spacial score (nSPS) is 17.3. The van der Waals surface area contributed by atoms with Gasteiger partial charge in [0.1, 0.15) is 103 Å². The van der Waals surface area contributed by atoms with Gasteiger partial charge in [-0.15, -0.1) is 0 Å². The molecule has 55 heteroatoms. The molecule has 0 spiro atoms. The quantitative estimate of drug-likeness (QED) is 0.0142. The van der Waals surface area contributed by atoms with Crippen LogP contribution in [0.5, 0.6) is 0 Å². The number of imidazole rings is 2. The van der Waals surface area contributed by atoms with E-state index >= 15 is 0 Å². The lowest BCUT2D eigenvalue weighted by molar-refractivity contribution is -0.143. The van der Waals surface area contributed by atoms with Gasteiger partial charge in [0.15, 0.2) is 23.7 Å². The molecule has 26 N–H and O–H groups in total. The van der Waals surface area contributed by atoms with Crippen LogP contribution in [0.2, 0.25) is 0 Å². The molecule has 3 aromatic heterocycles. The first kappa shape index (κ1) is 128. The summed E-state index contributed by atoms with van der Waals surface area (Å²) in [6.07, 6.45) is 2.20. The van der Waals surface area contributed by atoms with Gasteiger partial charge in [-0.1, -0.05) is 62.3 Å². The van der Waals surface area contributed by atoms with Crippen molar-refractivity contribution in [1.29, 1.82) is 0 Å². The number of unbranched alkanes of at least 4 members (excludes halogenated alkanes) is 1. The second-order valence-electron chi connectivity index (χ2n) is 37.1. The minimum Gasteiger partial charge on any atom is -0.481 e. The van der Waals surface area contributed by atoms with E-state index in [1.54, 1.807) is 48.5 Å². The molecule has 0 saturated carbocycles. The number of fused-ring (bicyclic) bond motifs is 1. The SMILES string of the molecule is CC(C)C[C@H](NC(=O)C(Cc1cnc[nH]1)NC(=O)[C@H](CO)NC(=O)[C@H](C)NC(=O)[C@H](CO)NC(=O)[C@@H](NC(=O)[C@H](CCCCN)NC(=O)C1CCCN1C(=O)[C@@H](NC(=O)[C@H](CCCN=C(N)N)NC(=O)[C@@H](C)CC(C)C)C(C)C)C(C)C)C(=O)N[C@@H](CCC(=O)O)C(=O)NCCOCCOCCOCCOCCOCCOCCOCCOCCOCCOCCNC(=O)CO[C@@H]1[C@H](O)[C@@H](CO)O[C@H]1n1cnc2c(N)ncnc21. The Morgan fingerprint density at radius 2 is 0.987 bits per heavy atom. The number of ether oxygens (including phenoxy) is 12. The van der Waals surface area contributed by atoms with E-state index in [-0.39, 0.29) is 140 Å². The van der Waals surface area contributed by atoms with Crippen LogP contribution < -0.4 is 86.7 Å². The number of aromatic amines is 1. The summed E-state index contributed by atoms with van der Waals surface area (Å²) in [6.45, 7) is 20.5. The van der Waals surface area contributed by atoms with E-state index in [0.717, 1.165) is 0 Å². The molecule has 2 unspecified atom stereocenters. The summed E-state index contributed by atoms with van der Waals surface area (Å²) in [5.74, 6) is -13.5. The van der Waals surface area contributed by atoms with E-state index in [0.29, 0.717) is 141 Å². The van der Waals surface area contributed by atoms with Crippen LogP contribution in [0.4, 0.5) is 5.82 Å². The van der Waals surface area contributed by atoms with Crippen LogP contribution in [0.1, 0.15) is 152 Å². The molecule has 844 valence electrons. The van der Waals surface area contributed by atoms with Crippen LogP contribution in [0.3, 0.4) is 0 Å². The Morgan fingerprint density at radius 1 is 0.517 bits per heavy atom. The van der Waals surface area contributed by atoms with E-state index in [9.17, 15) is 92.7 Å². The Kier molecular flexibility index (Phi) is 62.1. The fourth-order valence-corrected chi connectivity index (χ4v) is 15.4. The summed E-state index contributed by atoms with van der Waals surface area (Å²) >= 11 is 0. The molecular formula is C94H162N24O31. The molecule has 3 aromatic rings. The van der Waals surface area contributed by atoms with E-state index in [4.69, 9.17) is 79.8 Å². The number of carbonyl (C=O) groups is 14. The van der Waals surface area contributed by atoms with Gasteiger partial charge in [-0.05, 0) is 101 Å². The van der Waals surface area contributed by atoms with Gasteiger partial charge in [0.05, 0.1) is 165 Å². The molecule has 2 saturated heterocycles. The maximum atomic E-state index is 14.5. The number of guanidine groups is 1. The van der Waals surface area contributed by atoms with Crippen LogP contribution in [0.25, 0.3) is 11.2 Å². The molecule has 13 amide bonds. The lowest BCUT2D eigenvalue weighted by atomic mass is 9.97. The zero-order chi connectivity index (χ0) is 110. The van der Waals surface area contributed by atoms with Crippen LogP contribution in [0, 0.1) is 29.6 Å². The van der Waals surface area contributed by atoms with Crippen LogP contribution in [-0.2, 0) is 130 Å². The number of aliphatic hydroxyl groups excluding tert-OH is 4. The number of aliphatic hydroxyl groups is 4. The highest BCUT2D eigenvalue weighted by molar-refractivity contribution is 6.00. The fourth-order valence-electron chi connectivity index (χ4n) is 15.4. The van der Waals surface area contributed by atoms with Crippen molar-refractivity contribution in [2.75, 3.05) is 197 Å². The monoisotopic (exact) mass is 2120 g/mol. The van der Waals surface area contributed by atoms with Gasteiger partial charge < -0.3 is 179 Å². The lowest BCUT2D eigenvalue weighted by Gasteiger charge is -2.32. The van der Waals surface area contributed by atoms with E-state index in [1.165, 1.54) is 41.6 Å². The maximum absolute atomic E-state index is 14.5. The Balaban J connectivity index is 0.949. The summed E-state index contributed by atoms with van der Waals surface area (Å²) in [5.41, 5.74) is 23.7. The molecule has 5 rings (SSSR count). The smallest absolute Gasteiger partial charge is 0.303 e. The summed E-state index contributed by atoms with van der Waals surface area (Å²) in [5, 5.41) is 82.1. The van der Waals surface area contributed by atoms with E-state index < -0.39 is 218 Å². The number of aliphatic imine (C=N–C) groups is 1. The number of aromatic nitrogens is 6. The van der Waals surface area contributed by atoms with Gasteiger partial charge in [-0.25, -0.2) is 19.9 Å². The molecule has 16 atom stereocenters. The average Bonchev–Trinajstić information content (AvgIpc) is 1.62. The van der Waals surface area contributed by atoms with Crippen LogP contribution in [0.15, 0.2) is 30.2 Å². The minimum absolute atomic E-state index is 0.00360. The van der Waals surface area contributed by atoms with Gasteiger partial charge in [0.25, 0.3) is 0 Å². The summed E-state index contributed by atoms with van der Waals surface area (Å²) in [7, 11) is 0. The number of anilines is 1. The van der Waals surface area contributed by atoms with Crippen molar-refractivity contribution in [1.82, 2.24) is 98.2 Å². The third-order valence-electron chi connectivity index (χ3n) is 23.4. The van der Waals surface area contributed by atoms with Crippen molar-refractivity contribution in [3.05, 3.63) is 30.9 Å². The number of nitrogen functional groups attached to an aromatic ring is 1. The van der Waals surface area contributed by atoms with E-state index in [2.05, 4.69) is 93.7 Å². The van der Waals surface area contributed by atoms with Crippen molar-refractivity contribution >= 4 is 106 Å². The van der Waals surface area contributed by atoms with Crippen LogP contribution in [-0.4, -0.2) is 425 Å². The zero-order valence-electron chi connectivity index (χ0n) is 87.1. The molecule has 149 heavy (non-hydrogen) atoms. The van der Waals surface area contributed by atoms with Crippen molar-refractivity contribution in [2.45, 2.75) is 237 Å². The van der Waals surface area contributed by atoms with Gasteiger partial charge in [0, 0.05) is 56.8 Å². The topological polar surface area (TPSA) is 787 Å². The van der Waals surface area contributed by atoms with Crippen molar-refractivity contribution in [3.8, 4) is 0 Å². The number of aliphatic carboxylic acids is 1. The fraction of sp³-hybridized carbons (Fsp3) is 0.755. The number of carboxylic acid groups (broad SMARTS) is 1. The molecular weight excluding hydrogens is 1960 g/mol. The molecule has 0 aliphatic carbocycles. The molecule has 55 nitrogen and oxygen atoms in total. The number of nitrogens with one attached hydrogen (secondary N) is 13. The van der Waals surface area contributed by atoms with Crippen LogP contribution >= 0.6 is 0 Å². The number of amides is 13. The van der Waals surface area contributed by atoms with Crippen molar-refractivity contribution in [2.24, 2.45) is 51.8 Å². The van der Waals surface area contributed by atoms with Gasteiger partial charge in [-0.3, -0.25) is 76.7 Å². The van der Waals surface area contributed by atoms with Crippen molar-refractivity contribution in [3.63, 3.8) is 0 Å². The standard InChI is InChI=1S/C94H162N24O31/c1-56(2)45-60(9)81(126)108-64(16-13-21-102-94(97)98)85(130)116-75(59(7)8)92(137)117-24-14-17-70(117)90(135)110-63(15-11-12-20-95)84(129)115-74(58(5)6)91(136)114-68(49-119)88(133)107-61(10)82(127)113-69(50-120)89(134)112-67(47-62-48-99-53-103-62)87(132)111-66(46-57(3)4)86(131)109-65(18-19-73(123)124)83(128)101-23-26-139-28-30-141-32-34-143-36-38-145-40-42-147-44-43-146-41-39-144-37-35-142-33-31-140-29-27-138-25-22-100-72(122)52-148-78-77(125)71(51-121)149-93(78)118-55-106-76-79(96)104-54-105-80(76)118/h48,53-61,63-71,74-75,77-78,93,119-121,125H,11-47,49-52,95H2,1-10H3,(H,99,103)(H,100,122)(H,101,128)(H,107,133)(H,108,126)(H,109,131)(H,110,135)(H,111,132)(H,112,134)(H,113,127)(H,114,136)(H,115,129)(H,116,130)(H,123,124)(H2,96,104,105)(H4,97,98,102)/t60-,61-,63-,64-,65-,66-,67?,68-,69-,70?,71+,74-,75-,77+,78+,93+/m0/s1. The Hall–Kier alpha value is -11.3. The Bertz CT molecular complexity index is 4520. The highest BCUT2D eigenvalue weighted by Gasteiger charge is 2.47. The molecule has 2 aliphatic heterocycles. The third kappa shape index (κ3) is 48.7. The average molecular weight is 2120 g/mol. The number of carbonyl (C=O) groups excluding carboxylic acids is 13. The second kappa shape index (κ2) is 72.2. The molecule has 2 aliphatic rings. The first-order valence-corrected chi connectivity index (χ1v) is 50.7. The number of nitrogens with two attached hydrogens (primary N) is 4. The number of likely N-dealkylation sites (tertiary alicyclic amines) is 1. The maximum Gasteiger partial charge on any atom is 0.303 e. The third-order valence-corrected chi connectivity index (χ3v) is 23.4. The number of rotatable bonds is 81. The number of H-pyrrole nitrogens is 1. The zero-order valence-corrected chi connectivity index (χ0v) is 87.1. The second-order valence-corrected chi connectivity index (χ2v) is 37.1. The first-order valence-electron chi connectivity index (χ1n) is 50.7. The molecule has 2 fully saturated rings. The van der Waals surface area contributed by atoms with Gasteiger partial charge >= 0.3 is 5.97 Å². The molecule has 0 aromatic carbocycles. The van der Waals surface area contributed by atoms with Gasteiger partial charge in [0.2, 0.25) is 76.8 Å².